The van der Waals surface area contributed by atoms with Crippen LogP contribution in [-0.4, -0.2) is 16.4 Å². The Morgan fingerprint density at radius 2 is 2.07 bits per heavy atom. The van der Waals surface area contributed by atoms with E-state index in [0.717, 1.165) is 22.6 Å². The van der Waals surface area contributed by atoms with Gasteiger partial charge < -0.3 is 19.6 Å². The van der Waals surface area contributed by atoms with Gasteiger partial charge in [0.05, 0.1) is 6.26 Å². The molecule has 2 aromatic heterocycles. The van der Waals surface area contributed by atoms with E-state index in [-0.39, 0.29) is 28.9 Å². The van der Waals surface area contributed by atoms with Gasteiger partial charge in [-0.05, 0) is 36.8 Å². The lowest BCUT2D eigenvalue weighted by molar-refractivity contribution is -0.121. The predicted octanol–water partition coefficient (Wildman–Crippen LogP) is 2.77. The Morgan fingerprint density at radius 1 is 1.22 bits per heavy atom. The fourth-order valence-electron chi connectivity index (χ4n) is 2.54. The van der Waals surface area contributed by atoms with Crippen LogP contribution in [0.3, 0.4) is 0 Å². The molecule has 0 radical (unpaired) electrons. The Hall–Kier alpha value is -3.13. The van der Waals surface area contributed by atoms with Crippen molar-refractivity contribution in [1.29, 1.82) is 0 Å². The maximum atomic E-state index is 12.0. The van der Waals surface area contributed by atoms with E-state index in [4.69, 9.17) is 4.42 Å². The molecule has 27 heavy (non-hydrogen) atoms. The number of aryl methyl sites for hydroxylation is 1. The highest BCUT2D eigenvalue weighted by Gasteiger charge is 2.09. The first kappa shape index (κ1) is 18.7. The highest BCUT2D eigenvalue weighted by atomic mass is 32.1. The number of furan rings is 1. The Labute approximate surface area is 159 Å². The monoisotopic (exact) mass is 385 g/mol. The molecule has 7 nitrogen and oxygen atoms in total. The van der Waals surface area contributed by atoms with Gasteiger partial charge >= 0.3 is 4.87 Å². The van der Waals surface area contributed by atoms with Crippen LogP contribution < -0.4 is 15.5 Å². The predicted molar refractivity (Wildman–Crippen MR) is 103 cm³/mol. The highest BCUT2D eigenvalue weighted by molar-refractivity contribution is 7.07. The van der Waals surface area contributed by atoms with E-state index < -0.39 is 0 Å². The molecular formula is C19H19N3O4S. The lowest BCUT2D eigenvalue weighted by Gasteiger charge is -2.09. The van der Waals surface area contributed by atoms with Crippen LogP contribution in [0.15, 0.2) is 57.3 Å². The minimum atomic E-state index is -0.335. The zero-order valence-corrected chi connectivity index (χ0v) is 15.5. The summed E-state index contributed by atoms with van der Waals surface area (Å²) < 4.78 is 6.65. The first-order valence-electron chi connectivity index (χ1n) is 8.38. The van der Waals surface area contributed by atoms with Crippen LogP contribution in [0.4, 0.5) is 5.69 Å². The third-order valence-corrected chi connectivity index (χ3v) is 4.84. The molecule has 2 heterocycles. The lowest BCUT2D eigenvalue weighted by atomic mass is 10.2. The molecule has 0 saturated heterocycles. The van der Waals surface area contributed by atoms with E-state index in [1.807, 2.05) is 13.0 Å². The molecule has 0 saturated carbocycles. The molecule has 0 fully saturated rings. The number of benzene rings is 1. The van der Waals surface area contributed by atoms with Crippen molar-refractivity contribution in [1.82, 2.24) is 9.88 Å². The summed E-state index contributed by atoms with van der Waals surface area (Å²) >= 11 is 1.13. The summed E-state index contributed by atoms with van der Waals surface area (Å²) in [6.07, 6.45) is 1.67. The van der Waals surface area contributed by atoms with Gasteiger partial charge in [-0.15, -0.1) is 0 Å². The number of nitrogens with one attached hydrogen (secondary N) is 2. The molecule has 140 valence electrons. The van der Waals surface area contributed by atoms with Crippen molar-refractivity contribution in [2.75, 3.05) is 5.32 Å². The molecule has 2 N–H and O–H groups in total. The Balaban J connectivity index is 1.51. The van der Waals surface area contributed by atoms with Crippen LogP contribution in [0, 0.1) is 6.92 Å². The van der Waals surface area contributed by atoms with Crippen molar-refractivity contribution < 1.29 is 14.0 Å². The number of nitrogens with zero attached hydrogens (tertiary/aromatic N) is 1. The molecule has 0 bridgehead atoms. The standard InChI is InChI=1S/C19H19N3O4S/c1-13-12-27-19(25)22(13)8-7-17(23)20-11-14-4-2-5-15(10-14)21-18(24)16-6-3-9-26-16/h2-6,9-10,12H,7-8,11H2,1H3,(H,20,23)(H,21,24). The molecule has 0 spiro atoms. The molecule has 0 unspecified atom stereocenters. The van der Waals surface area contributed by atoms with Crippen LogP contribution in [0.5, 0.6) is 0 Å². The fourth-order valence-corrected chi connectivity index (χ4v) is 3.30. The number of amides is 2. The highest BCUT2D eigenvalue weighted by Crippen LogP contribution is 2.13. The average molecular weight is 385 g/mol. The quantitative estimate of drug-likeness (QED) is 0.654. The van der Waals surface area contributed by atoms with Crippen LogP contribution in [0.1, 0.15) is 28.2 Å². The number of anilines is 1. The smallest absolute Gasteiger partial charge is 0.307 e. The van der Waals surface area contributed by atoms with Gasteiger partial charge in [0.2, 0.25) is 5.91 Å². The second kappa shape index (κ2) is 8.50. The van der Waals surface area contributed by atoms with E-state index in [1.54, 1.807) is 40.3 Å². The number of thiazole rings is 1. The van der Waals surface area contributed by atoms with Crippen molar-refractivity contribution in [3.63, 3.8) is 0 Å². The number of hydrogen-bond acceptors (Lipinski definition) is 5. The molecule has 0 aliphatic carbocycles. The summed E-state index contributed by atoms with van der Waals surface area (Å²) in [5.41, 5.74) is 2.32. The van der Waals surface area contributed by atoms with Gasteiger partial charge in [0.15, 0.2) is 5.76 Å². The SMILES string of the molecule is Cc1csc(=O)n1CCC(=O)NCc1cccc(NC(=O)c2ccco2)c1. The van der Waals surface area contributed by atoms with Gasteiger partial charge in [0, 0.05) is 36.3 Å². The number of aromatic nitrogens is 1. The van der Waals surface area contributed by atoms with Crippen molar-refractivity contribution in [2.45, 2.75) is 26.4 Å². The van der Waals surface area contributed by atoms with Crippen LogP contribution in [0.2, 0.25) is 0 Å². The van der Waals surface area contributed by atoms with E-state index >= 15 is 0 Å². The molecule has 3 aromatic rings. The van der Waals surface area contributed by atoms with Gasteiger partial charge in [-0.3, -0.25) is 14.4 Å². The average Bonchev–Trinajstić information content (AvgIpc) is 3.29. The van der Waals surface area contributed by atoms with Crippen molar-refractivity contribution >= 4 is 28.8 Å². The molecule has 1 aromatic carbocycles. The Bertz CT molecular complexity index is 989. The summed E-state index contributed by atoms with van der Waals surface area (Å²) in [7, 11) is 0. The zero-order chi connectivity index (χ0) is 19.2. The van der Waals surface area contributed by atoms with Crippen LogP contribution >= 0.6 is 11.3 Å². The maximum absolute atomic E-state index is 12.0. The lowest BCUT2D eigenvalue weighted by Crippen LogP contribution is -2.26. The second-order valence-corrected chi connectivity index (χ2v) is 6.77. The van der Waals surface area contributed by atoms with E-state index in [2.05, 4.69) is 10.6 Å². The fraction of sp³-hybridized carbons (Fsp3) is 0.211. The Morgan fingerprint density at radius 3 is 2.78 bits per heavy atom. The second-order valence-electron chi connectivity index (χ2n) is 5.95. The van der Waals surface area contributed by atoms with Gasteiger partial charge in [0.1, 0.15) is 0 Å². The van der Waals surface area contributed by atoms with Crippen LogP contribution in [-0.2, 0) is 17.9 Å². The minimum Gasteiger partial charge on any atom is -0.459 e. The van der Waals surface area contributed by atoms with E-state index in [9.17, 15) is 14.4 Å². The normalized spacial score (nSPS) is 10.6. The van der Waals surface area contributed by atoms with Crippen molar-refractivity contribution in [3.8, 4) is 0 Å². The third-order valence-electron chi connectivity index (χ3n) is 3.96. The van der Waals surface area contributed by atoms with E-state index in [0.29, 0.717) is 18.8 Å². The zero-order valence-electron chi connectivity index (χ0n) is 14.7. The molecule has 0 aliphatic rings. The molecule has 0 atom stereocenters. The first-order chi connectivity index (χ1) is 13.0. The van der Waals surface area contributed by atoms with Gasteiger partial charge in [-0.25, -0.2) is 0 Å². The van der Waals surface area contributed by atoms with Gasteiger partial charge in [0.25, 0.3) is 5.91 Å². The molecular weight excluding hydrogens is 366 g/mol. The van der Waals surface area contributed by atoms with Gasteiger partial charge in [-0.2, -0.15) is 0 Å². The van der Waals surface area contributed by atoms with E-state index in [1.165, 1.54) is 6.26 Å². The summed E-state index contributed by atoms with van der Waals surface area (Å²) in [5, 5.41) is 7.35. The number of rotatable bonds is 7. The summed E-state index contributed by atoms with van der Waals surface area (Å²) in [4.78, 5) is 35.6. The summed E-state index contributed by atoms with van der Waals surface area (Å²) in [5.74, 6) is -0.247. The largest absolute Gasteiger partial charge is 0.459 e. The number of hydrogen-bond donors (Lipinski definition) is 2. The van der Waals surface area contributed by atoms with Crippen molar-refractivity contribution in [3.05, 3.63) is 74.7 Å². The molecule has 2 amide bonds. The topological polar surface area (TPSA) is 93.3 Å². The van der Waals surface area contributed by atoms with Crippen molar-refractivity contribution in [2.24, 2.45) is 0 Å². The van der Waals surface area contributed by atoms with Crippen LogP contribution in [0.25, 0.3) is 0 Å². The van der Waals surface area contributed by atoms with Gasteiger partial charge in [-0.1, -0.05) is 23.5 Å². The summed E-state index contributed by atoms with van der Waals surface area (Å²) in [6, 6.07) is 10.4. The first-order valence-corrected chi connectivity index (χ1v) is 9.26. The minimum absolute atomic E-state index is 0.0553. The maximum Gasteiger partial charge on any atom is 0.307 e. The molecule has 3 rings (SSSR count). The Kier molecular flexibility index (Phi) is 5.87. The molecule has 0 aliphatic heterocycles. The number of carbonyl (C=O) groups excluding carboxylic acids is 2. The molecule has 8 heteroatoms. The number of carbonyl (C=O) groups is 2. The summed E-state index contributed by atoms with van der Waals surface area (Å²) in [6.45, 7) is 2.54. The third kappa shape index (κ3) is 4.95.